The van der Waals surface area contributed by atoms with E-state index < -0.39 is 6.03 Å². The highest BCUT2D eigenvalue weighted by Crippen LogP contribution is 2.17. The van der Waals surface area contributed by atoms with E-state index in [4.69, 9.17) is 16.0 Å². The highest BCUT2D eigenvalue weighted by molar-refractivity contribution is 6.30. The minimum atomic E-state index is -0.626. The molecule has 1 saturated heterocycles. The van der Waals surface area contributed by atoms with Crippen LogP contribution in [-0.2, 0) is 4.79 Å². The number of benzene rings is 1. The van der Waals surface area contributed by atoms with Crippen molar-refractivity contribution in [3.05, 3.63) is 59.1 Å². The molecule has 3 amide bonds. The lowest BCUT2D eigenvalue weighted by Gasteiger charge is -2.10. The zero-order chi connectivity index (χ0) is 17.1. The predicted octanol–water partition coefficient (Wildman–Crippen LogP) is 2.92. The van der Waals surface area contributed by atoms with E-state index >= 15 is 0 Å². The number of urea groups is 1. The van der Waals surface area contributed by atoms with E-state index in [9.17, 15) is 9.59 Å². The first-order valence-corrected chi connectivity index (χ1v) is 7.36. The maximum absolute atomic E-state index is 12.0. The van der Waals surface area contributed by atoms with Gasteiger partial charge in [-0.3, -0.25) is 10.1 Å². The summed E-state index contributed by atoms with van der Waals surface area (Å²) in [6.45, 7) is 0. The maximum Gasteiger partial charge on any atom is 0.348 e. The Morgan fingerprint density at radius 2 is 2.21 bits per heavy atom. The highest BCUT2D eigenvalue weighted by Gasteiger charge is 2.29. The number of aliphatic imine (C=N–C) groups is 1. The van der Waals surface area contributed by atoms with Crippen molar-refractivity contribution in [1.29, 1.82) is 0 Å². The second-order valence-corrected chi connectivity index (χ2v) is 5.37. The predicted molar refractivity (Wildman–Crippen MR) is 90.5 cm³/mol. The summed E-state index contributed by atoms with van der Waals surface area (Å²) in [6, 6.07) is 9.49. The van der Waals surface area contributed by atoms with Gasteiger partial charge in [-0.1, -0.05) is 17.7 Å². The summed E-state index contributed by atoms with van der Waals surface area (Å²) >= 11 is 5.86. The Labute approximate surface area is 142 Å². The molecule has 0 bridgehead atoms. The first-order valence-electron chi connectivity index (χ1n) is 6.98. The molecule has 1 aliphatic heterocycles. The quantitative estimate of drug-likeness (QED) is 0.820. The highest BCUT2D eigenvalue weighted by atomic mass is 35.5. The van der Waals surface area contributed by atoms with Gasteiger partial charge in [0.15, 0.2) is 0 Å². The van der Waals surface area contributed by atoms with Crippen LogP contribution in [0.5, 0.6) is 0 Å². The molecule has 2 aromatic rings. The molecule has 0 radical (unpaired) electrons. The molecule has 24 heavy (non-hydrogen) atoms. The van der Waals surface area contributed by atoms with Gasteiger partial charge in [0.2, 0.25) is 5.96 Å². The molecule has 2 N–H and O–H groups in total. The Hall–Kier alpha value is -3.06. The fourth-order valence-corrected chi connectivity index (χ4v) is 2.29. The van der Waals surface area contributed by atoms with Crippen molar-refractivity contribution >= 4 is 41.3 Å². The molecular formula is C16H13ClN4O3. The average molecular weight is 345 g/mol. The Balaban J connectivity index is 1.76. The molecule has 7 nitrogen and oxygen atoms in total. The van der Waals surface area contributed by atoms with Gasteiger partial charge in [0, 0.05) is 23.8 Å². The number of amides is 3. The third kappa shape index (κ3) is 3.47. The van der Waals surface area contributed by atoms with Gasteiger partial charge in [0.05, 0.1) is 6.26 Å². The van der Waals surface area contributed by atoms with Gasteiger partial charge in [0.1, 0.15) is 11.5 Å². The van der Waals surface area contributed by atoms with Gasteiger partial charge >= 0.3 is 6.03 Å². The molecule has 3 rings (SSSR count). The van der Waals surface area contributed by atoms with Crippen molar-refractivity contribution in [2.24, 2.45) is 4.99 Å². The Morgan fingerprint density at radius 3 is 2.92 bits per heavy atom. The summed E-state index contributed by atoms with van der Waals surface area (Å²) in [6.07, 6.45) is 3.07. The van der Waals surface area contributed by atoms with Crippen LogP contribution in [0.1, 0.15) is 5.76 Å². The van der Waals surface area contributed by atoms with E-state index in [0.29, 0.717) is 22.2 Å². The van der Waals surface area contributed by atoms with Crippen LogP contribution in [0.15, 0.2) is 57.8 Å². The molecule has 2 heterocycles. The third-order valence-corrected chi connectivity index (χ3v) is 3.48. The molecule has 0 spiro atoms. The van der Waals surface area contributed by atoms with Gasteiger partial charge in [0.25, 0.3) is 5.91 Å². The average Bonchev–Trinajstić information content (AvgIpc) is 3.12. The number of guanidine groups is 1. The fraction of sp³-hybridized carbons (Fsp3) is 0.0625. The zero-order valence-electron chi connectivity index (χ0n) is 12.6. The molecule has 1 aliphatic rings. The number of anilines is 1. The van der Waals surface area contributed by atoms with E-state index in [-0.39, 0.29) is 11.9 Å². The van der Waals surface area contributed by atoms with E-state index in [2.05, 4.69) is 15.6 Å². The lowest BCUT2D eigenvalue weighted by molar-refractivity contribution is -0.115. The van der Waals surface area contributed by atoms with Crippen molar-refractivity contribution in [1.82, 2.24) is 10.2 Å². The van der Waals surface area contributed by atoms with Crippen molar-refractivity contribution in [2.75, 3.05) is 12.4 Å². The number of rotatable bonds is 2. The molecule has 0 aliphatic carbocycles. The summed E-state index contributed by atoms with van der Waals surface area (Å²) in [5, 5.41) is 5.61. The van der Waals surface area contributed by atoms with Crippen molar-refractivity contribution in [3.63, 3.8) is 0 Å². The normalized spacial score (nSPS) is 17.4. The maximum atomic E-state index is 12.0. The third-order valence-electron chi connectivity index (χ3n) is 3.24. The number of halogens is 1. The van der Waals surface area contributed by atoms with Gasteiger partial charge in [-0.25, -0.2) is 4.79 Å². The molecule has 1 fully saturated rings. The standard InChI is InChI=1S/C16H13ClN4O3/c1-21-13(9-12-6-3-7-24-12)14(22)19-15(21)20-16(23)18-11-5-2-4-10(17)8-11/h2-9H,1H3,(H2,18,19,20,22,23). The second-order valence-electron chi connectivity index (χ2n) is 4.93. The molecule has 0 saturated carbocycles. The van der Waals surface area contributed by atoms with Crippen LogP contribution >= 0.6 is 11.6 Å². The van der Waals surface area contributed by atoms with Crippen molar-refractivity contribution in [3.8, 4) is 0 Å². The summed E-state index contributed by atoms with van der Waals surface area (Å²) in [5.41, 5.74) is 0.828. The smallest absolute Gasteiger partial charge is 0.348 e. The fourth-order valence-electron chi connectivity index (χ4n) is 2.10. The lowest BCUT2D eigenvalue weighted by atomic mass is 10.3. The summed E-state index contributed by atoms with van der Waals surface area (Å²) in [7, 11) is 1.62. The lowest BCUT2D eigenvalue weighted by Crippen LogP contribution is -2.29. The van der Waals surface area contributed by atoms with Gasteiger partial charge in [-0.15, -0.1) is 0 Å². The Morgan fingerprint density at radius 1 is 1.38 bits per heavy atom. The Kier molecular flexibility index (Phi) is 4.35. The summed E-state index contributed by atoms with van der Waals surface area (Å²) in [5.74, 6) is 0.275. The van der Waals surface area contributed by atoms with Crippen LogP contribution in [0.3, 0.4) is 0 Å². The van der Waals surface area contributed by atoms with E-state index in [0.717, 1.165) is 0 Å². The van der Waals surface area contributed by atoms with E-state index in [1.54, 1.807) is 49.5 Å². The topological polar surface area (TPSA) is 86.9 Å². The number of carbonyl (C=O) groups excluding carboxylic acids is 2. The summed E-state index contributed by atoms with van der Waals surface area (Å²) < 4.78 is 5.18. The van der Waals surface area contributed by atoms with Crippen LogP contribution in [-0.4, -0.2) is 29.8 Å². The first kappa shape index (κ1) is 15.8. The SMILES string of the molecule is CN1C(=Cc2ccco2)C(=O)NC1=NC(=O)Nc1cccc(Cl)c1. The van der Waals surface area contributed by atoms with Crippen LogP contribution in [0.2, 0.25) is 5.02 Å². The molecule has 1 aromatic heterocycles. The van der Waals surface area contributed by atoms with Crippen LogP contribution in [0.4, 0.5) is 10.5 Å². The molecule has 1 aromatic carbocycles. The number of carbonyl (C=O) groups is 2. The molecule has 122 valence electrons. The molecule has 0 atom stereocenters. The minimum absolute atomic E-state index is 0.123. The van der Waals surface area contributed by atoms with Crippen molar-refractivity contribution < 1.29 is 14.0 Å². The number of furan rings is 1. The van der Waals surface area contributed by atoms with E-state index in [1.165, 1.54) is 11.2 Å². The number of nitrogens with one attached hydrogen (secondary N) is 2. The zero-order valence-corrected chi connectivity index (χ0v) is 13.4. The van der Waals surface area contributed by atoms with Crippen LogP contribution < -0.4 is 10.6 Å². The molecule has 8 heteroatoms. The van der Waals surface area contributed by atoms with Gasteiger partial charge in [-0.05, 0) is 30.3 Å². The Bertz CT molecular complexity index is 843. The number of likely N-dealkylation sites (N-methyl/N-ethyl adjacent to an activating group) is 1. The molecular weight excluding hydrogens is 332 g/mol. The number of hydrogen-bond donors (Lipinski definition) is 2. The van der Waals surface area contributed by atoms with Gasteiger partial charge < -0.3 is 14.6 Å². The van der Waals surface area contributed by atoms with Crippen LogP contribution in [0, 0.1) is 0 Å². The largest absolute Gasteiger partial charge is 0.465 e. The second kappa shape index (κ2) is 6.59. The minimum Gasteiger partial charge on any atom is -0.465 e. The first-order chi connectivity index (χ1) is 11.5. The monoisotopic (exact) mass is 344 g/mol. The van der Waals surface area contributed by atoms with E-state index in [1.807, 2.05) is 0 Å². The number of nitrogens with zero attached hydrogens (tertiary/aromatic N) is 2. The van der Waals surface area contributed by atoms with Gasteiger partial charge in [-0.2, -0.15) is 4.99 Å². The summed E-state index contributed by atoms with van der Waals surface area (Å²) in [4.78, 5) is 29.3. The van der Waals surface area contributed by atoms with Crippen LogP contribution in [0.25, 0.3) is 6.08 Å². The number of hydrogen-bond acceptors (Lipinski definition) is 3. The molecule has 0 unspecified atom stereocenters. The van der Waals surface area contributed by atoms with Crippen molar-refractivity contribution in [2.45, 2.75) is 0 Å².